The van der Waals surface area contributed by atoms with Gasteiger partial charge >= 0.3 is 0 Å². The van der Waals surface area contributed by atoms with Crippen molar-refractivity contribution < 1.29 is 4.79 Å². The summed E-state index contributed by atoms with van der Waals surface area (Å²) in [6, 6.07) is 10.1. The second-order valence-electron chi connectivity index (χ2n) is 8.83. The van der Waals surface area contributed by atoms with E-state index in [4.69, 9.17) is 10.1 Å². The van der Waals surface area contributed by atoms with E-state index in [2.05, 4.69) is 29.1 Å². The number of aromatic nitrogens is 3. The fourth-order valence-corrected chi connectivity index (χ4v) is 4.58. The number of piperazine rings is 1. The lowest BCUT2D eigenvalue weighted by Crippen LogP contribution is -2.46. The highest BCUT2D eigenvalue weighted by atomic mass is 16.1. The third-order valence-corrected chi connectivity index (χ3v) is 6.52. The Morgan fingerprint density at radius 3 is 2.47 bits per heavy atom. The average molecular weight is 435 g/mol. The second kappa shape index (κ2) is 9.79. The topological polar surface area (TPSA) is 66.3 Å². The zero-order valence-electron chi connectivity index (χ0n) is 19.7. The Morgan fingerprint density at radius 2 is 1.75 bits per heavy atom. The van der Waals surface area contributed by atoms with Crippen LogP contribution in [0.15, 0.2) is 30.3 Å². The summed E-state index contributed by atoms with van der Waals surface area (Å²) in [5.74, 6) is 0.106. The predicted molar refractivity (Wildman–Crippen MR) is 128 cm³/mol. The molecule has 1 aliphatic rings. The van der Waals surface area contributed by atoms with Crippen LogP contribution in [0.5, 0.6) is 0 Å². The van der Waals surface area contributed by atoms with Gasteiger partial charge in [-0.05, 0) is 57.5 Å². The first kappa shape index (κ1) is 22.4. The fraction of sp³-hybridized carbons (Fsp3) is 0.480. The number of carbonyl (C=O) groups is 1. The summed E-state index contributed by atoms with van der Waals surface area (Å²) in [6.07, 6.45) is 1.17. The number of benzene rings is 1. The number of likely N-dealkylation sites (N-methyl/N-ethyl adjacent to an activating group) is 1. The SMILES string of the molecule is Cc1nc2c(c(C)nn2-c2ccccc2)c(C)c1CCC(=O)NCCN1CCN(C)CC1. The molecule has 0 saturated carbocycles. The maximum absolute atomic E-state index is 12.5. The lowest BCUT2D eigenvalue weighted by Gasteiger charge is -2.32. The van der Waals surface area contributed by atoms with Crippen LogP contribution >= 0.6 is 0 Å². The summed E-state index contributed by atoms with van der Waals surface area (Å²) in [6.45, 7) is 12.2. The molecule has 1 N–H and O–H groups in total. The van der Waals surface area contributed by atoms with Crippen molar-refractivity contribution in [3.05, 3.63) is 52.8 Å². The smallest absolute Gasteiger partial charge is 0.220 e. The van der Waals surface area contributed by atoms with Crippen molar-refractivity contribution in [1.82, 2.24) is 29.9 Å². The highest BCUT2D eigenvalue weighted by Gasteiger charge is 2.18. The van der Waals surface area contributed by atoms with Crippen LogP contribution < -0.4 is 5.32 Å². The molecular formula is C25H34N6O. The zero-order chi connectivity index (χ0) is 22.7. The van der Waals surface area contributed by atoms with Crippen LogP contribution in [0.3, 0.4) is 0 Å². The van der Waals surface area contributed by atoms with Gasteiger partial charge in [0.05, 0.1) is 11.4 Å². The predicted octanol–water partition coefficient (Wildman–Crippen LogP) is 2.64. The minimum absolute atomic E-state index is 0.106. The van der Waals surface area contributed by atoms with Gasteiger partial charge in [0, 0.05) is 56.8 Å². The summed E-state index contributed by atoms with van der Waals surface area (Å²) in [4.78, 5) is 22.1. The molecule has 1 aromatic carbocycles. The van der Waals surface area contributed by atoms with Crippen molar-refractivity contribution in [3.63, 3.8) is 0 Å². The molecule has 0 spiro atoms. The van der Waals surface area contributed by atoms with E-state index in [1.807, 2.05) is 48.9 Å². The van der Waals surface area contributed by atoms with E-state index in [0.717, 1.165) is 66.4 Å². The minimum Gasteiger partial charge on any atom is -0.355 e. The molecular weight excluding hydrogens is 400 g/mol. The maximum atomic E-state index is 12.5. The molecule has 1 fully saturated rings. The van der Waals surface area contributed by atoms with E-state index in [9.17, 15) is 4.79 Å². The third-order valence-electron chi connectivity index (χ3n) is 6.52. The lowest BCUT2D eigenvalue weighted by molar-refractivity contribution is -0.121. The number of fused-ring (bicyclic) bond motifs is 1. The Morgan fingerprint density at radius 1 is 1.03 bits per heavy atom. The molecule has 0 aliphatic carbocycles. The van der Waals surface area contributed by atoms with Crippen LogP contribution in [0.4, 0.5) is 0 Å². The molecule has 0 bridgehead atoms. The van der Waals surface area contributed by atoms with Gasteiger partial charge in [0.25, 0.3) is 0 Å². The van der Waals surface area contributed by atoms with Crippen LogP contribution in [0.1, 0.15) is 28.9 Å². The van der Waals surface area contributed by atoms with Crippen LogP contribution in [0.2, 0.25) is 0 Å². The first-order valence-electron chi connectivity index (χ1n) is 11.5. The number of pyridine rings is 1. The largest absolute Gasteiger partial charge is 0.355 e. The number of aryl methyl sites for hydroxylation is 3. The standard InChI is InChI=1S/C25H34N6O/c1-18-22(10-11-23(32)26-12-13-30-16-14-29(4)15-17-30)19(2)27-25-24(18)20(3)28-31(25)21-8-6-5-7-9-21/h5-9H,10-17H2,1-4H3,(H,26,32). The van der Waals surface area contributed by atoms with Gasteiger partial charge in [-0.2, -0.15) is 5.10 Å². The first-order valence-corrected chi connectivity index (χ1v) is 11.5. The van der Waals surface area contributed by atoms with Gasteiger partial charge in [-0.25, -0.2) is 9.67 Å². The number of nitrogens with one attached hydrogen (secondary N) is 1. The second-order valence-corrected chi connectivity index (χ2v) is 8.83. The van der Waals surface area contributed by atoms with Gasteiger partial charge in [-0.15, -0.1) is 0 Å². The number of hydrogen-bond donors (Lipinski definition) is 1. The number of amides is 1. The molecule has 32 heavy (non-hydrogen) atoms. The molecule has 3 aromatic rings. The highest BCUT2D eigenvalue weighted by Crippen LogP contribution is 2.28. The summed E-state index contributed by atoms with van der Waals surface area (Å²) in [5.41, 5.74) is 6.15. The fourth-order valence-electron chi connectivity index (χ4n) is 4.58. The van der Waals surface area contributed by atoms with Crippen LogP contribution in [-0.2, 0) is 11.2 Å². The molecule has 1 amide bonds. The Hall–Kier alpha value is -2.77. The molecule has 1 aliphatic heterocycles. The Labute approximate surface area is 190 Å². The van der Waals surface area contributed by atoms with Gasteiger partial charge in [0.1, 0.15) is 0 Å². The number of hydrogen-bond acceptors (Lipinski definition) is 5. The van der Waals surface area contributed by atoms with Crippen molar-refractivity contribution in [2.75, 3.05) is 46.3 Å². The number of para-hydroxylation sites is 1. The van der Waals surface area contributed by atoms with Crippen LogP contribution in [0, 0.1) is 20.8 Å². The molecule has 4 rings (SSSR count). The van der Waals surface area contributed by atoms with Gasteiger partial charge in [0.2, 0.25) is 5.91 Å². The number of nitrogens with zero attached hydrogens (tertiary/aromatic N) is 5. The van der Waals surface area contributed by atoms with E-state index in [0.29, 0.717) is 19.4 Å². The van der Waals surface area contributed by atoms with Gasteiger partial charge in [0.15, 0.2) is 5.65 Å². The normalized spacial score (nSPS) is 15.4. The van der Waals surface area contributed by atoms with E-state index in [1.165, 1.54) is 5.56 Å². The van der Waals surface area contributed by atoms with Gasteiger partial charge in [-0.1, -0.05) is 18.2 Å². The van der Waals surface area contributed by atoms with Crippen molar-refractivity contribution in [1.29, 1.82) is 0 Å². The van der Waals surface area contributed by atoms with E-state index < -0.39 is 0 Å². The van der Waals surface area contributed by atoms with Crippen molar-refractivity contribution in [2.45, 2.75) is 33.6 Å². The Balaban J connectivity index is 1.41. The molecule has 0 atom stereocenters. The van der Waals surface area contributed by atoms with E-state index in [1.54, 1.807) is 0 Å². The van der Waals surface area contributed by atoms with Gasteiger partial charge < -0.3 is 10.2 Å². The molecule has 0 unspecified atom stereocenters. The van der Waals surface area contributed by atoms with Crippen LogP contribution in [0.25, 0.3) is 16.7 Å². The summed E-state index contributed by atoms with van der Waals surface area (Å²) < 4.78 is 1.92. The van der Waals surface area contributed by atoms with E-state index >= 15 is 0 Å². The molecule has 7 nitrogen and oxygen atoms in total. The van der Waals surface area contributed by atoms with Crippen molar-refractivity contribution in [2.24, 2.45) is 0 Å². The Kier molecular flexibility index (Phi) is 6.86. The molecule has 3 heterocycles. The molecule has 0 radical (unpaired) electrons. The third kappa shape index (κ3) is 4.84. The maximum Gasteiger partial charge on any atom is 0.220 e. The van der Waals surface area contributed by atoms with Crippen LogP contribution in [-0.4, -0.2) is 76.8 Å². The first-order chi connectivity index (χ1) is 15.4. The quantitative estimate of drug-likeness (QED) is 0.619. The zero-order valence-corrected chi connectivity index (χ0v) is 19.7. The van der Waals surface area contributed by atoms with E-state index in [-0.39, 0.29) is 5.91 Å². The lowest BCUT2D eigenvalue weighted by atomic mass is 9.99. The Bertz CT molecular complexity index is 1080. The summed E-state index contributed by atoms with van der Waals surface area (Å²) in [7, 11) is 2.16. The number of carbonyl (C=O) groups excluding carboxylic acids is 1. The molecule has 2 aromatic heterocycles. The average Bonchev–Trinajstić information content (AvgIpc) is 3.11. The summed E-state index contributed by atoms with van der Waals surface area (Å²) >= 11 is 0. The van der Waals surface area contributed by atoms with Crippen molar-refractivity contribution >= 4 is 16.9 Å². The van der Waals surface area contributed by atoms with Crippen molar-refractivity contribution in [3.8, 4) is 5.69 Å². The highest BCUT2D eigenvalue weighted by molar-refractivity contribution is 5.85. The molecule has 170 valence electrons. The number of rotatable bonds is 7. The monoisotopic (exact) mass is 434 g/mol. The molecule has 1 saturated heterocycles. The van der Waals surface area contributed by atoms with Gasteiger partial charge in [-0.3, -0.25) is 9.69 Å². The summed E-state index contributed by atoms with van der Waals surface area (Å²) in [5, 5.41) is 8.94. The minimum atomic E-state index is 0.106. The molecule has 7 heteroatoms.